The Kier molecular flexibility index (Phi) is 6.96. The monoisotopic (exact) mass is 368 g/mol. The fraction of sp³-hybridized carbons (Fsp3) is 0.188. The maximum atomic E-state index is 13.2. The lowest BCUT2D eigenvalue weighted by Crippen LogP contribution is -2.00. The minimum atomic E-state index is -1.07. The van der Waals surface area contributed by atoms with E-state index in [9.17, 15) is 33.8 Å². The number of ketones is 1. The molecule has 1 N–H and O–H groups in total. The molecule has 0 aliphatic carbocycles. The number of nitrogens with zero attached hydrogens (tertiary/aromatic N) is 2. The van der Waals surface area contributed by atoms with E-state index in [1.54, 1.807) is 0 Å². The molecule has 2 aromatic carbocycles. The lowest BCUT2D eigenvalue weighted by molar-refractivity contribution is -0.387. The zero-order valence-electron chi connectivity index (χ0n) is 13.7. The summed E-state index contributed by atoms with van der Waals surface area (Å²) in [5.74, 6) is -2.57. The molecule has 138 valence electrons. The van der Waals surface area contributed by atoms with Crippen LogP contribution in [0.25, 0.3) is 0 Å². The summed E-state index contributed by atoms with van der Waals surface area (Å²) in [5, 5.41) is 29.6. The molecule has 2 aromatic rings. The Bertz CT molecular complexity index is 822. The molecule has 0 amide bonds. The van der Waals surface area contributed by atoms with E-state index in [4.69, 9.17) is 5.11 Å². The van der Waals surface area contributed by atoms with Crippen molar-refractivity contribution in [1.29, 1.82) is 0 Å². The number of aliphatic hydroxyl groups excluding tert-OH is 1. The third-order valence-electron chi connectivity index (χ3n) is 3.21. The van der Waals surface area contributed by atoms with Gasteiger partial charge in [0.15, 0.2) is 5.78 Å². The predicted molar refractivity (Wildman–Crippen MR) is 86.7 cm³/mol. The van der Waals surface area contributed by atoms with Gasteiger partial charge >= 0.3 is 11.4 Å². The highest BCUT2D eigenvalue weighted by atomic mass is 19.1. The van der Waals surface area contributed by atoms with Crippen molar-refractivity contribution in [2.24, 2.45) is 0 Å². The number of rotatable bonds is 4. The van der Waals surface area contributed by atoms with E-state index in [-0.39, 0.29) is 11.1 Å². The van der Waals surface area contributed by atoms with Crippen LogP contribution < -0.4 is 0 Å². The van der Waals surface area contributed by atoms with Crippen molar-refractivity contribution in [3.8, 4) is 0 Å². The van der Waals surface area contributed by atoms with Crippen LogP contribution in [0.5, 0.6) is 0 Å². The number of nitro benzene ring substituents is 2. The van der Waals surface area contributed by atoms with Gasteiger partial charge in [0, 0.05) is 17.7 Å². The summed E-state index contributed by atoms with van der Waals surface area (Å²) in [6, 6.07) is 7.21. The molecule has 0 spiro atoms. The number of aliphatic hydroxyl groups is 1. The lowest BCUT2D eigenvalue weighted by atomic mass is 10.1. The van der Waals surface area contributed by atoms with Gasteiger partial charge in [-0.3, -0.25) is 25.0 Å². The third kappa shape index (κ3) is 4.86. The van der Waals surface area contributed by atoms with Gasteiger partial charge in [-0.1, -0.05) is 18.2 Å². The summed E-state index contributed by atoms with van der Waals surface area (Å²) in [5.41, 5.74) is -1.60. The molecule has 8 nitrogen and oxygen atoms in total. The average Bonchev–Trinajstić information content (AvgIpc) is 2.54. The molecule has 0 saturated heterocycles. The number of carbonyl (C=O) groups is 1. The zero-order valence-corrected chi connectivity index (χ0v) is 13.7. The van der Waals surface area contributed by atoms with E-state index in [1.165, 1.54) is 31.2 Å². The first-order valence-corrected chi connectivity index (χ1v) is 7.12. The third-order valence-corrected chi connectivity index (χ3v) is 3.21. The van der Waals surface area contributed by atoms with Gasteiger partial charge < -0.3 is 5.11 Å². The molecule has 26 heavy (non-hydrogen) atoms. The van der Waals surface area contributed by atoms with Gasteiger partial charge in [-0.15, -0.1) is 0 Å². The topological polar surface area (TPSA) is 124 Å². The second kappa shape index (κ2) is 8.72. The fourth-order valence-electron chi connectivity index (χ4n) is 1.93. The van der Waals surface area contributed by atoms with E-state index in [0.29, 0.717) is 0 Å². The Balaban J connectivity index is 0.000000260. The van der Waals surface area contributed by atoms with E-state index in [1.807, 2.05) is 0 Å². The number of Topliss-reactive ketones (excluding diaryl/α,β-unsaturated/α-hetero) is 1. The fourth-order valence-corrected chi connectivity index (χ4v) is 1.93. The minimum Gasteiger partial charge on any atom is -0.389 e. The van der Waals surface area contributed by atoms with E-state index in [0.717, 1.165) is 19.1 Å². The summed E-state index contributed by atoms with van der Waals surface area (Å²) >= 11 is 0. The zero-order chi connectivity index (χ0) is 20.0. The van der Waals surface area contributed by atoms with Crippen LogP contribution in [0.2, 0.25) is 0 Å². The molecule has 2 rings (SSSR count). The highest BCUT2D eigenvalue weighted by Crippen LogP contribution is 2.24. The summed E-state index contributed by atoms with van der Waals surface area (Å²) < 4.78 is 26.3. The Morgan fingerprint density at radius 2 is 1.46 bits per heavy atom. The highest BCUT2D eigenvalue weighted by molar-refractivity contribution is 5.94. The van der Waals surface area contributed by atoms with Gasteiger partial charge in [-0.05, 0) is 19.9 Å². The molecule has 0 heterocycles. The standard InChI is InChI=1S/C8H8FNO3.C8H6FNO3/c2*1-5(11)6-3-2-4-7(8(6)9)10(12)13/h2-5,11H,1H3;2-4H,1H3/t5-;/m1./s1. The number of nitro groups is 2. The molecule has 0 aromatic heterocycles. The number of hydrogen-bond donors (Lipinski definition) is 1. The van der Waals surface area contributed by atoms with E-state index < -0.39 is 44.7 Å². The van der Waals surface area contributed by atoms with Gasteiger partial charge in [0.2, 0.25) is 11.6 Å². The Hall–Kier alpha value is -3.27. The molecular formula is C16H14F2N2O6. The number of halogens is 2. The first-order chi connectivity index (χ1) is 12.1. The van der Waals surface area contributed by atoms with Crippen LogP contribution in [0.3, 0.4) is 0 Å². The molecule has 0 fully saturated rings. The van der Waals surface area contributed by atoms with Crippen LogP contribution in [0.15, 0.2) is 36.4 Å². The largest absolute Gasteiger partial charge is 0.389 e. The lowest BCUT2D eigenvalue weighted by Gasteiger charge is -2.04. The predicted octanol–water partition coefficient (Wildman–Crippen LogP) is 3.72. The first kappa shape index (κ1) is 20.8. The average molecular weight is 368 g/mol. The van der Waals surface area contributed by atoms with Gasteiger partial charge in [0.1, 0.15) is 0 Å². The van der Waals surface area contributed by atoms with E-state index in [2.05, 4.69) is 0 Å². The first-order valence-electron chi connectivity index (χ1n) is 7.12. The number of carbonyl (C=O) groups excluding carboxylic acids is 1. The van der Waals surface area contributed by atoms with Crippen molar-refractivity contribution >= 4 is 17.2 Å². The van der Waals surface area contributed by atoms with Crippen molar-refractivity contribution in [2.45, 2.75) is 20.0 Å². The van der Waals surface area contributed by atoms with Crippen molar-refractivity contribution in [3.05, 3.63) is 79.4 Å². The summed E-state index contributed by atoms with van der Waals surface area (Å²) in [6.07, 6.45) is -1.04. The summed E-state index contributed by atoms with van der Waals surface area (Å²) in [6.45, 7) is 2.50. The van der Waals surface area contributed by atoms with Crippen molar-refractivity contribution in [1.82, 2.24) is 0 Å². The Morgan fingerprint density at radius 3 is 1.88 bits per heavy atom. The van der Waals surface area contributed by atoms with Gasteiger partial charge in [-0.2, -0.15) is 8.78 Å². The van der Waals surface area contributed by atoms with Crippen LogP contribution in [-0.4, -0.2) is 20.7 Å². The molecule has 0 aliphatic heterocycles. The molecule has 0 aliphatic rings. The van der Waals surface area contributed by atoms with Crippen LogP contribution in [0, 0.1) is 31.9 Å². The van der Waals surface area contributed by atoms with Gasteiger partial charge in [0.05, 0.1) is 21.5 Å². The molecule has 0 saturated carbocycles. The smallest absolute Gasteiger partial charge is 0.305 e. The van der Waals surface area contributed by atoms with Gasteiger partial charge in [0.25, 0.3) is 0 Å². The van der Waals surface area contributed by atoms with E-state index >= 15 is 0 Å². The second-order valence-electron chi connectivity index (χ2n) is 5.07. The molecule has 0 radical (unpaired) electrons. The SMILES string of the molecule is CC(=O)c1cccc([N+](=O)[O-])c1F.C[C@@H](O)c1cccc([N+](=O)[O-])c1F. The van der Waals surface area contributed by atoms with Crippen LogP contribution in [-0.2, 0) is 0 Å². The maximum Gasteiger partial charge on any atom is 0.305 e. The van der Waals surface area contributed by atoms with Crippen LogP contribution >= 0.6 is 0 Å². The highest BCUT2D eigenvalue weighted by Gasteiger charge is 2.20. The van der Waals surface area contributed by atoms with Gasteiger partial charge in [-0.25, -0.2) is 0 Å². The Morgan fingerprint density at radius 1 is 1.00 bits per heavy atom. The molecular weight excluding hydrogens is 354 g/mol. The minimum absolute atomic E-state index is 0.0609. The summed E-state index contributed by atoms with van der Waals surface area (Å²) in [4.78, 5) is 29.6. The summed E-state index contributed by atoms with van der Waals surface area (Å²) in [7, 11) is 0. The quantitative estimate of drug-likeness (QED) is 0.498. The van der Waals surface area contributed by atoms with Crippen molar-refractivity contribution in [3.63, 3.8) is 0 Å². The number of benzene rings is 2. The molecule has 0 bridgehead atoms. The normalized spacial score (nSPS) is 11.1. The van der Waals surface area contributed by atoms with Crippen molar-refractivity contribution < 1.29 is 28.5 Å². The Labute approximate surface area is 146 Å². The molecule has 10 heteroatoms. The maximum absolute atomic E-state index is 13.2. The second-order valence-corrected chi connectivity index (χ2v) is 5.07. The van der Waals surface area contributed by atoms with Crippen LogP contribution in [0.1, 0.15) is 35.9 Å². The molecule has 1 atom stereocenters. The van der Waals surface area contributed by atoms with Crippen molar-refractivity contribution in [2.75, 3.05) is 0 Å². The number of hydrogen-bond acceptors (Lipinski definition) is 6. The van der Waals surface area contributed by atoms with Crippen LogP contribution in [0.4, 0.5) is 20.2 Å². The molecule has 0 unspecified atom stereocenters.